The molecule has 1 fully saturated rings. The summed E-state index contributed by atoms with van der Waals surface area (Å²) in [6, 6.07) is 3.06. The van der Waals surface area contributed by atoms with Crippen molar-refractivity contribution in [1.29, 1.82) is 0 Å². The Kier molecular flexibility index (Phi) is 4.70. The zero-order chi connectivity index (χ0) is 14.8. The Bertz CT molecular complexity index is 633. The Morgan fingerprint density at radius 1 is 1.24 bits per heavy atom. The topological polar surface area (TPSA) is 17.8 Å². The van der Waals surface area contributed by atoms with Crippen LogP contribution in [0.2, 0.25) is 5.02 Å². The zero-order valence-electron chi connectivity index (χ0n) is 11.9. The van der Waals surface area contributed by atoms with Crippen molar-refractivity contribution in [2.24, 2.45) is 5.92 Å². The molecular weight excluding hydrogens is 310 g/mol. The Labute approximate surface area is 134 Å². The number of nitrogens with zero attached hydrogens (tertiary/aromatic N) is 2. The SMILES string of the molecule is Fc1cc2c(cc1Cl)nc(CCl)n2CCC1CCCCC1. The molecule has 0 N–H and O–H groups in total. The number of alkyl halides is 1. The lowest BCUT2D eigenvalue weighted by molar-refractivity contribution is 0.324. The van der Waals surface area contributed by atoms with Crippen molar-refractivity contribution in [3.63, 3.8) is 0 Å². The molecule has 0 spiro atoms. The van der Waals surface area contributed by atoms with Crippen LogP contribution < -0.4 is 0 Å². The highest BCUT2D eigenvalue weighted by atomic mass is 35.5. The van der Waals surface area contributed by atoms with E-state index in [9.17, 15) is 4.39 Å². The van der Waals surface area contributed by atoms with Crippen LogP contribution in [0.3, 0.4) is 0 Å². The van der Waals surface area contributed by atoms with Gasteiger partial charge in [-0.15, -0.1) is 11.6 Å². The van der Waals surface area contributed by atoms with Crippen LogP contribution in [0.5, 0.6) is 0 Å². The number of rotatable bonds is 4. The van der Waals surface area contributed by atoms with E-state index in [0.29, 0.717) is 5.88 Å². The maximum Gasteiger partial charge on any atom is 0.144 e. The van der Waals surface area contributed by atoms with Gasteiger partial charge >= 0.3 is 0 Å². The van der Waals surface area contributed by atoms with Gasteiger partial charge in [-0.2, -0.15) is 0 Å². The molecule has 21 heavy (non-hydrogen) atoms. The van der Waals surface area contributed by atoms with Crippen LogP contribution in [0.4, 0.5) is 4.39 Å². The van der Waals surface area contributed by atoms with Gasteiger partial charge in [0.05, 0.1) is 21.9 Å². The molecule has 5 heteroatoms. The van der Waals surface area contributed by atoms with Crippen molar-refractivity contribution in [2.75, 3.05) is 0 Å². The highest BCUT2D eigenvalue weighted by Gasteiger charge is 2.17. The van der Waals surface area contributed by atoms with Gasteiger partial charge in [0, 0.05) is 12.6 Å². The minimum Gasteiger partial charge on any atom is -0.327 e. The number of imidazole rings is 1. The van der Waals surface area contributed by atoms with Crippen molar-refractivity contribution < 1.29 is 4.39 Å². The molecule has 3 rings (SSSR count). The average Bonchev–Trinajstić information content (AvgIpc) is 2.83. The Balaban J connectivity index is 1.86. The van der Waals surface area contributed by atoms with Crippen LogP contribution in [0.1, 0.15) is 44.3 Å². The van der Waals surface area contributed by atoms with Crippen molar-refractivity contribution in [3.8, 4) is 0 Å². The van der Waals surface area contributed by atoms with E-state index in [1.165, 1.54) is 38.2 Å². The number of aryl methyl sites for hydroxylation is 1. The number of hydrogen-bond donors (Lipinski definition) is 0. The first kappa shape index (κ1) is 15.1. The van der Waals surface area contributed by atoms with Gasteiger partial charge in [0.2, 0.25) is 0 Å². The Morgan fingerprint density at radius 3 is 2.71 bits per heavy atom. The monoisotopic (exact) mass is 328 g/mol. The summed E-state index contributed by atoms with van der Waals surface area (Å²) in [6.45, 7) is 0.851. The van der Waals surface area contributed by atoms with Crippen molar-refractivity contribution >= 4 is 34.2 Å². The third kappa shape index (κ3) is 3.19. The molecule has 1 aromatic carbocycles. The number of fused-ring (bicyclic) bond motifs is 1. The van der Waals surface area contributed by atoms with Gasteiger partial charge in [0.1, 0.15) is 11.6 Å². The van der Waals surface area contributed by atoms with Crippen LogP contribution in [-0.2, 0) is 12.4 Å². The second kappa shape index (κ2) is 6.53. The third-order valence-electron chi connectivity index (χ3n) is 4.47. The van der Waals surface area contributed by atoms with E-state index in [1.807, 2.05) is 0 Å². The van der Waals surface area contributed by atoms with Gasteiger partial charge in [0.15, 0.2) is 0 Å². The summed E-state index contributed by atoms with van der Waals surface area (Å²) in [6.07, 6.45) is 7.76. The van der Waals surface area contributed by atoms with Gasteiger partial charge in [-0.1, -0.05) is 43.7 Å². The smallest absolute Gasteiger partial charge is 0.144 e. The highest BCUT2D eigenvalue weighted by molar-refractivity contribution is 6.31. The molecule has 1 aliphatic carbocycles. The molecule has 0 unspecified atom stereocenters. The van der Waals surface area contributed by atoms with Crippen molar-refractivity contribution in [3.05, 3.63) is 28.8 Å². The van der Waals surface area contributed by atoms with Crippen LogP contribution >= 0.6 is 23.2 Å². The zero-order valence-corrected chi connectivity index (χ0v) is 13.4. The van der Waals surface area contributed by atoms with Gasteiger partial charge in [-0.25, -0.2) is 9.37 Å². The van der Waals surface area contributed by atoms with E-state index in [-0.39, 0.29) is 5.02 Å². The van der Waals surface area contributed by atoms with E-state index in [1.54, 1.807) is 6.07 Å². The number of hydrogen-bond acceptors (Lipinski definition) is 1. The second-order valence-electron chi connectivity index (χ2n) is 5.86. The fourth-order valence-electron chi connectivity index (χ4n) is 3.31. The Hall–Kier alpha value is -0.800. The van der Waals surface area contributed by atoms with Crippen LogP contribution in [0.25, 0.3) is 11.0 Å². The lowest BCUT2D eigenvalue weighted by Gasteiger charge is -2.22. The summed E-state index contributed by atoms with van der Waals surface area (Å²) in [5.74, 6) is 1.50. The Morgan fingerprint density at radius 2 is 2.00 bits per heavy atom. The number of aromatic nitrogens is 2. The minimum atomic E-state index is -0.399. The lowest BCUT2D eigenvalue weighted by Crippen LogP contribution is -2.11. The van der Waals surface area contributed by atoms with Crippen molar-refractivity contribution in [2.45, 2.75) is 50.9 Å². The van der Waals surface area contributed by atoms with Gasteiger partial charge in [-0.05, 0) is 18.4 Å². The van der Waals surface area contributed by atoms with Gasteiger partial charge in [0.25, 0.3) is 0 Å². The largest absolute Gasteiger partial charge is 0.327 e. The van der Waals surface area contributed by atoms with E-state index in [0.717, 1.165) is 35.7 Å². The predicted octanol–water partition coefficient (Wildman–Crippen LogP) is 5.54. The normalized spacial score (nSPS) is 16.7. The van der Waals surface area contributed by atoms with E-state index in [2.05, 4.69) is 9.55 Å². The minimum absolute atomic E-state index is 0.112. The molecule has 1 aliphatic rings. The number of halogens is 3. The molecule has 0 aliphatic heterocycles. The fourth-order valence-corrected chi connectivity index (χ4v) is 3.67. The van der Waals surface area contributed by atoms with Gasteiger partial charge < -0.3 is 4.57 Å². The summed E-state index contributed by atoms with van der Waals surface area (Å²) in [5.41, 5.74) is 1.52. The molecule has 1 aromatic heterocycles. The number of benzene rings is 1. The van der Waals surface area contributed by atoms with Crippen LogP contribution in [0.15, 0.2) is 12.1 Å². The molecule has 0 atom stereocenters. The summed E-state index contributed by atoms with van der Waals surface area (Å²) < 4.78 is 15.8. The second-order valence-corrected chi connectivity index (χ2v) is 6.54. The van der Waals surface area contributed by atoms with Crippen LogP contribution in [0, 0.1) is 11.7 Å². The maximum atomic E-state index is 13.7. The highest BCUT2D eigenvalue weighted by Crippen LogP contribution is 2.29. The van der Waals surface area contributed by atoms with E-state index < -0.39 is 5.82 Å². The molecular formula is C16H19Cl2FN2. The lowest BCUT2D eigenvalue weighted by atomic mass is 9.87. The molecule has 2 nitrogen and oxygen atoms in total. The maximum absolute atomic E-state index is 13.7. The standard InChI is InChI=1S/C16H19Cl2FN2/c17-10-16-20-14-8-12(18)13(19)9-15(14)21(16)7-6-11-4-2-1-3-5-11/h8-9,11H,1-7,10H2. The molecule has 0 amide bonds. The molecule has 0 saturated heterocycles. The first-order valence-electron chi connectivity index (χ1n) is 7.59. The van der Waals surface area contributed by atoms with Gasteiger partial charge in [-0.3, -0.25) is 0 Å². The van der Waals surface area contributed by atoms with Crippen molar-refractivity contribution in [1.82, 2.24) is 9.55 Å². The molecule has 1 heterocycles. The molecule has 0 radical (unpaired) electrons. The molecule has 1 saturated carbocycles. The summed E-state index contributed by atoms with van der Waals surface area (Å²) in [4.78, 5) is 4.48. The summed E-state index contributed by atoms with van der Waals surface area (Å²) in [5, 5.41) is 0.112. The summed E-state index contributed by atoms with van der Waals surface area (Å²) >= 11 is 11.8. The van der Waals surface area contributed by atoms with E-state index in [4.69, 9.17) is 23.2 Å². The van der Waals surface area contributed by atoms with E-state index >= 15 is 0 Å². The first-order chi connectivity index (χ1) is 10.2. The molecule has 114 valence electrons. The fraction of sp³-hybridized carbons (Fsp3) is 0.562. The quantitative estimate of drug-likeness (QED) is 0.674. The predicted molar refractivity (Wildman–Crippen MR) is 85.5 cm³/mol. The molecule has 2 aromatic rings. The van der Waals surface area contributed by atoms with Crippen LogP contribution in [-0.4, -0.2) is 9.55 Å². The first-order valence-corrected chi connectivity index (χ1v) is 8.50. The summed E-state index contributed by atoms with van der Waals surface area (Å²) in [7, 11) is 0. The average molecular weight is 329 g/mol. The third-order valence-corrected chi connectivity index (χ3v) is 5.00. The molecule has 0 bridgehead atoms.